The van der Waals surface area contributed by atoms with Gasteiger partial charge in [-0.2, -0.15) is 13.2 Å². The van der Waals surface area contributed by atoms with Crippen LogP contribution in [0.4, 0.5) is 13.2 Å². The van der Waals surface area contributed by atoms with Crippen molar-refractivity contribution in [1.29, 1.82) is 0 Å². The highest BCUT2D eigenvalue weighted by Gasteiger charge is 2.47. The molecule has 5 rings (SSSR count). The minimum Gasteiger partial charge on any atom is -0.475 e. The summed E-state index contributed by atoms with van der Waals surface area (Å²) in [5, 5.41) is 8.18. The summed E-state index contributed by atoms with van der Waals surface area (Å²) in [7, 11) is 0. The van der Waals surface area contributed by atoms with E-state index in [0.29, 0.717) is 18.8 Å². The zero-order valence-electron chi connectivity index (χ0n) is 17.9. The SMILES string of the molecule is O=C(O)C(F)(F)F.O=C(c1ccc2ccccc2n1)N1CC[C@]2(C[C@H](OCC3CC3)CO2)C1. The van der Waals surface area contributed by atoms with Gasteiger partial charge in [-0.1, -0.05) is 24.3 Å². The Morgan fingerprint density at radius 1 is 1.21 bits per heavy atom. The van der Waals surface area contributed by atoms with Crippen molar-refractivity contribution >= 4 is 22.8 Å². The molecule has 2 saturated heterocycles. The number of carboxylic acid groups (broad SMARTS) is 1. The van der Waals surface area contributed by atoms with Crippen LogP contribution < -0.4 is 0 Å². The van der Waals surface area contributed by atoms with Crippen LogP contribution in [0.15, 0.2) is 36.4 Å². The highest BCUT2D eigenvalue weighted by molar-refractivity contribution is 5.95. The number of alkyl halides is 3. The predicted octanol–water partition coefficient (Wildman–Crippen LogP) is 3.67. The van der Waals surface area contributed by atoms with Gasteiger partial charge >= 0.3 is 12.1 Å². The standard InChI is InChI=1S/C21H24N2O3.C2HF3O2/c24-20(19-8-7-16-3-1-2-4-18(16)22-19)23-10-9-21(14-23)11-17(13-26-21)25-12-15-5-6-15;3-2(4,5)1(6)7/h1-4,7-8,15,17H,5-6,9-14H2;(H,6,7)/t17-,21-;/m0./s1. The second kappa shape index (κ2) is 9.26. The fourth-order valence-electron chi connectivity index (χ4n) is 4.12. The number of halogens is 3. The molecule has 1 aromatic carbocycles. The third-order valence-corrected chi connectivity index (χ3v) is 6.10. The molecule has 7 nitrogen and oxygen atoms in total. The topological polar surface area (TPSA) is 89.0 Å². The summed E-state index contributed by atoms with van der Waals surface area (Å²) in [6, 6.07) is 11.7. The van der Waals surface area contributed by atoms with E-state index in [1.165, 1.54) is 12.8 Å². The van der Waals surface area contributed by atoms with Crippen molar-refractivity contribution < 1.29 is 37.3 Å². The van der Waals surface area contributed by atoms with Crippen molar-refractivity contribution in [2.75, 3.05) is 26.3 Å². The first-order valence-corrected chi connectivity index (χ1v) is 10.9. The number of aliphatic carboxylic acids is 1. The minimum absolute atomic E-state index is 0.00132. The molecule has 3 heterocycles. The van der Waals surface area contributed by atoms with E-state index in [1.807, 2.05) is 41.3 Å². The van der Waals surface area contributed by atoms with Gasteiger partial charge in [0.25, 0.3) is 5.91 Å². The summed E-state index contributed by atoms with van der Waals surface area (Å²) in [6.45, 7) is 2.89. The van der Waals surface area contributed by atoms with Crippen molar-refractivity contribution in [2.45, 2.75) is 43.6 Å². The second-order valence-electron chi connectivity index (χ2n) is 8.77. The highest BCUT2D eigenvalue weighted by Crippen LogP contribution is 2.38. The number of carbonyl (C=O) groups excluding carboxylic acids is 1. The van der Waals surface area contributed by atoms with Gasteiger partial charge in [0.15, 0.2) is 0 Å². The average molecular weight is 466 g/mol. The molecule has 1 aromatic heterocycles. The number of amides is 1. The van der Waals surface area contributed by atoms with Crippen LogP contribution in [0.5, 0.6) is 0 Å². The van der Waals surface area contributed by atoms with E-state index in [9.17, 15) is 18.0 Å². The zero-order chi connectivity index (χ0) is 23.6. The van der Waals surface area contributed by atoms with E-state index < -0.39 is 12.1 Å². The second-order valence-corrected chi connectivity index (χ2v) is 8.77. The summed E-state index contributed by atoms with van der Waals surface area (Å²) >= 11 is 0. The number of likely N-dealkylation sites (tertiary alicyclic amines) is 1. The summed E-state index contributed by atoms with van der Waals surface area (Å²) in [5.74, 6) is -1.99. The van der Waals surface area contributed by atoms with E-state index in [2.05, 4.69) is 4.98 Å². The Morgan fingerprint density at radius 2 is 1.94 bits per heavy atom. The Balaban J connectivity index is 0.000000325. The van der Waals surface area contributed by atoms with Gasteiger partial charge in [0.2, 0.25) is 0 Å². The van der Waals surface area contributed by atoms with Crippen LogP contribution in [0.3, 0.4) is 0 Å². The molecular formula is C23H25F3N2O5. The normalized spacial score (nSPS) is 24.7. The van der Waals surface area contributed by atoms with Gasteiger partial charge in [-0.3, -0.25) is 4.79 Å². The number of carboxylic acids is 1. The summed E-state index contributed by atoms with van der Waals surface area (Å²) in [4.78, 5) is 28.2. The molecule has 3 fully saturated rings. The summed E-state index contributed by atoms with van der Waals surface area (Å²) in [6.07, 6.45) is -0.506. The Kier molecular flexibility index (Phi) is 6.58. The highest BCUT2D eigenvalue weighted by atomic mass is 19.4. The van der Waals surface area contributed by atoms with Gasteiger partial charge in [-0.25, -0.2) is 9.78 Å². The number of aromatic nitrogens is 1. The molecule has 33 heavy (non-hydrogen) atoms. The van der Waals surface area contributed by atoms with Gasteiger partial charge in [-0.05, 0) is 37.3 Å². The monoisotopic (exact) mass is 466 g/mol. The van der Waals surface area contributed by atoms with Gasteiger partial charge in [0.05, 0.1) is 30.4 Å². The number of carbonyl (C=O) groups is 2. The van der Waals surface area contributed by atoms with Crippen LogP contribution in [0, 0.1) is 5.92 Å². The van der Waals surface area contributed by atoms with Gasteiger partial charge in [0.1, 0.15) is 5.69 Å². The van der Waals surface area contributed by atoms with Crippen molar-refractivity contribution in [3.63, 3.8) is 0 Å². The number of fused-ring (bicyclic) bond motifs is 1. The molecule has 2 aliphatic heterocycles. The molecule has 3 aliphatic rings. The maximum Gasteiger partial charge on any atom is 0.490 e. The van der Waals surface area contributed by atoms with E-state index in [0.717, 1.165) is 42.8 Å². The molecule has 0 unspecified atom stereocenters. The molecule has 0 bridgehead atoms. The largest absolute Gasteiger partial charge is 0.490 e. The van der Waals surface area contributed by atoms with E-state index in [4.69, 9.17) is 19.4 Å². The van der Waals surface area contributed by atoms with Crippen molar-refractivity contribution in [3.05, 3.63) is 42.1 Å². The molecule has 1 spiro atoms. The third-order valence-electron chi connectivity index (χ3n) is 6.10. The first-order valence-electron chi connectivity index (χ1n) is 10.9. The number of benzene rings is 1. The number of pyridine rings is 1. The number of hydrogen-bond donors (Lipinski definition) is 1. The lowest BCUT2D eigenvalue weighted by Gasteiger charge is -2.23. The molecule has 10 heteroatoms. The van der Waals surface area contributed by atoms with E-state index in [1.54, 1.807) is 0 Å². The molecule has 2 atom stereocenters. The van der Waals surface area contributed by atoms with Gasteiger partial charge in [0, 0.05) is 25.0 Å². The first-order chi connectivity index (χ1) is 15.7. The Labute approximate surface area is 188 Å². The summed E-state index contributed by atoms with van der Waals surface area (Å²) in [5.41, 5.74) is 1.15. The number of rotatable bonds is 4. The Morgan fingerprint density at radius 3 is 2.64 bits per heavy atom. The fourth-order valence-corrected chi connectivity index (χ4v) is 4.12. The molecule has 1 amide bonds. The number of hydrogen-bond acceptors (Lipinski definition) is 5. The van der Waals surface area contributed by atoms with Crippen molar-refractivity contribution in [1.82, 2.24) is 9.88 Å². The summed E-state index contributed by atoms with van der Waals surface area (Å²) < 4.78 is 43.9. The van der Waals surface area contributed by atoms with Gasteiger partial charge in [-0.15, -0.1) is 0 Å². The lowest BCUT2D eigenvalue weighted by molar-refractivity contribution is -0.192. The molecule has 1 N–H and O–H groups in total. The number of ether oxygens (including phenoxy) is 2. The number of nitrogens with zero attached hydrogens (tertiary/aromatic N) is 2. The minimum atomic E-state index is -5.08. The van der Waals surface area contributed by atoms with Crippen LogP contribution in [-0.2, 0) is 14.3 Å². The smallest absolute Gasteiger partial charge is 0.475 e. The molecule has 0 radical (unpaired) electrons. The first kappa shape index (κ1) is 23.4. The van der Waals surface area contributed by atoms with Crippen LogP contribution in [0.25, 0.3) is 10.9 Å². The lowest BCUT2D eigenvalue weighted by atomic mass is 9.98. The van der Waals surface area contributed by atoms with Crippen molar-refractivity contribution in [3.8, 4) is 0 Å². The predicted molar refractivity (Wildman–Crippen MR) is 112 cm³/mol. The third kappa shape index (κ3) is 5.80. The number of para-hydroxylation sites is 1. The molecule has 1 aliphatic carbocycles. The van der Waals surface area contributed by atoms with Crippen LogP contribution in [0.2, 0.25) is 0 Å². The maximum absolute atomic E-state index is 12.9. The van der Waals surface area contributed by atoms with Crippen LogP contribution >= 0.6 is 0 Å². The lowest BCUT2D eigenvalue weighted by Crippen LogP contribution is -2.36. The quantitative estimate of drug-likeness (QED) is 0.740. The van der Waals surface area contributed by atoms with Crippen molar-refractivity contribution in [2.24, 2.45) is 5.92 Å². The fraction of sp³-hybridized carbons (Fsp3) is 0.522. The molecule has 178 valence electrons. The maximum atomic E-state index is 12.9. The Hall–Kier alpha value is -2.72. The molecular weight excluding hydrogens is 441 g/mol. The van der Waals surface area contributed by atoms with Gasteiger partial charge < -0.3 is 19.5 Å². The molecule has 1 saturated carbocycles. The average Bonchev–Trinajstić information content (AvgIpc) is 3.41. The van der Waals surface area contributed by atoms with Crippen LogP contribution in [-0.4, -0.2) is 71.1 Å². The van der Waals surface area contributed by atoms with Crippen LogP contribution in [0.1, 0.15) is 36.2 Å². The zero-order valence-corrected chi connectivity index (χ0v) is 17.9. The Bertz CT molecular complexity index is 1030. The van der Waals surface area contributed by atoms with E-state index >= 15 is 0 Å². The molecule has 2 aromatic rings. The van der Waals surface area contributed by atoms with E-state index in [-0.39, 0.29) is 17.6 Å².